The summed E-state index contributed by atoms with van der Waals surface area (Å²) in [5.74, 6) is -0.455. The molecular formula is C25H23ClFN3O4S. The smallest absolute Gasteiger partial charge is 0.413 e. The molecule has 10 heteroatoms. The predicted molar refractivity (Wildman–Crippen MR) is 135 cm³/mol. The van der Waals surface area contributed by atoms with Crippen LogP contribution in [0.15, 0.2) is 54.6 Å². The molecular weight excluding hydrogens is 493 g/mol. The van der Waals surface area contributed by atoms with Crippen molar-refractivity contribution in [1.29, 1.82) is 0 Å². The van der Waals surface area contributed by atoms with Crippen molar-refractivity contribution in [3.05, 3.63) is 76.6 Å². The molecule has 0 radical (unpaired) electrons. The Bertz CT molecular complexity index is 1380. The first-order valence-electron chi connectivity index (χ1n) is 10.6. The summed E-state index contributed by atoms with van der Waals surface area (Å²) in [6.07, 6.45) is -0.400. The third-order valence-electron chi connectivity index (χ3n) is 4.98. The number of aromatic nitrogens is 1. The molecule has 0 aliphatic carbocycles. The molecule has 1 amide bonds. The molecule has 0 aliphatic heterocycles. The van der Waals surface area contributed by atoms with E-state index in [1.54, 1.807) is 63.2 Å². The normalized spacial score (nSPS) is 11.5. The number of ether oxygens (including phenoxy) is 1. The van der Waals surface area contributed by atoms with Gasteiger partial charge in [-0.2, -0.15) is 0 Å². The Kier molecular flexibility index (Phi) is 6.95. The Morgan fingerprint density at radius 2 is 1.89 bits per heavy atom. The fraction of sp³-hybridized carbons (Fsp3) is 0.200. The number of fused-ring (bicyclic) bond motifs is 1. The van der Waals surface area contributed by atoms with Gasteiger partial charge in [0.1, 0.15) is 11.4 Å². The van der Waals surface area contributed by atoms with Crippen LogP contribution in [0.5, 0.6) is 0 Å². The van der Waals surface area contributed by atoms with Gasteiger partial charge >= 0.3 is 6.09 Å². The molecule has 3 aromatic carbocycles. The van der Waals surface area contributed by atoms with Crippen LogP contribution < -0.4 is 10.5 Å². The van der Waals surface area contributed by atoms with Crippen LogP contribution in [0, 0.1) is 5.82 Å². The maximum absolute atomic E-state index is 15.9. The molecule has 7 nitrogen and oxygen atoms in total. The fourth-order valence-corrected chi connectivity index (χ4v) is 4.66. The molecule has 35 heavy (non-hydrogen) atoms. The van der Waals surface area contributed by atoms with E-state index in [2.05, 4.69) is 10.3 Å². The molecule has 0 bridgehead atoms. The van der Waals surface area contributed by atoms with E-state index in [-0.39, 0.29) is 28.0 Å². The van der Waals surface area contributed by atoms with E-state index in [9.17, 15) is 4.79 Å². The lowest BCUT2D eigenvalue weighted by molar-refractivity contribution is 0.0291. The first-order chi connectivity index (χ1) is 16.5. The third-order valence-corrected chi connectivity index (χ3v) is 6.13. The topological polar surface area (TPSA) is 94.9 Å². The molecule has 0 saturated carbocycles. The van der Waals surface area contributed by atoms with Gasteiger partial charge in [0, 0.05) is 17.0 Å². The number of carbonyl (C=O) groups is 1. The second-order valence-electron chi connectivity index (χ2n) is 8.86. The van der Waals surface area contributed by atoms with E-state index in [1.807, 2.05) is 0 Å². The average molecular weight is 516 g/mol. The minimum absolute atomic E-state index is 0.0180. The van der Waals surface area contributed by atoms with E-state index in [4.69, 9.17) is 26.8 Å². The standard InChI is InChI=1S/C25H23ClFN3O4S/c1-25(2,3)34-24(31)29-23-28-22-19(35-23)13-16(11-14-7-9-18(10-8-14)30(32)33)21(27)20(22)15-5-4-6-17(26)12-15/h4-10,12-13,32-33H,11H2,1-3H3,(H,28,29,31). The van der Waals surface area contributed by atoms with Crippen LogP contribution in [0.4, 0.5) is 20.0 Å². The number of anilines is 2. The Balaban J connectivity index is 1.78. The first-order valence-corrected chi connectivity index (χ1v) is 11.8. The second kappa shape index (κ2) is 9.79. The summed E-state index contributed by atoms with van der Waals surface area (Å²) in [6, 6.07) is 14.9. The number of nitrogens with one attached hydrogen (secondary N) is 1. The van der Waals surface area contributed by atoms with E-state index >= 15 is 4.39 Å². The minimum Gasteiger partial charge on any atom is -0.444 e. The summed E-state index contributed by atoms with van der Waals surface area (Å²) in [6.45, 7) is 5.28. The lowest BCUT2D eigenvalue weighted by Crippen LogP contribution is -2.27. The Morgan fingerprint density at radius 3 is 2.51 bits per heavy atom. The van der Waals surface area contributed by atoms with E-state index in [1.165, 1.54) is 23.5 Å². The van der Waals surface area contributed by atoms with E-state index in [0.717, 1.165) is 5.56 Å². The summed E-state index contributed by atoms with van der Waals surface area (Å²) in [5.41, 5.74) is 1.93. The lowest BCUT2D eigenvalue weighted by Gasteiger charge is -2.18. The van der Waals surface area contributed by atoms with Crippen LogP contribution >= 0.6 is 22.9 Å². The molecule has 0 spiro atoms. The predicted octanol–water partition coefficient (Wildman–Crippen LogP) is 7.28. The number of hydrogen-bond acceptors (Lipinski definition) is 7. The molecule has 0 atom stereocenters. The van der Waals surface area contributed by atoms with Gasteiger partial charge in [0.25, 0.3) is 0 Å². The zero-order valence-corrected chi connectivity index (χ0v) is 20.7. The minimum atomic E-state index is -0.676. The maximum atomic E-state index is 15.9. The van der Waals surface area contributed by atoms with Crippen molar-refractivity contribution in [3.8, 4) is 11.1 Å². The van der Waals surface area contributed by atoms with Gasteiger partial charge in [-0.1, -0.05) is 47.2 Å². The van der Waals surface area contributed by atoms with Gasteiger partial charge in [-0.05, 0) is 67.8 Å². The summed E-state index contributed by atoms with van der Waals surface area (Å²) in [5, 5.41) is 21.7. The molecule has 182 valence electrons. The number of benzene rings is 3. The quantitative estimate of drug-likeness (QED) is 0.242. The number of amides is 1. The average Bonchev–Trinajstić information content (AvgIpc) is 3.14. The summed E-state index contributed by atoms with van der Waals surface area (Å²) in [4.78, 5) is 16.7. The van der Waals surface area contributed by atoms with E-state index < -0.39 is 17.5 Å². The number of carbonyl (C=O) groups excluding carboxylic acids is 1. The van der Waals surface area contributed by atoms with Crippen LogP contribution in [0.3, 0.4) is 0 Å². The number of hydrogen-bond donors (Lipinski definition) is 3. The van der Waals surface area contributed by atoms with Crippen molar-refractivity contribution >= 4 is 50.1 Å². The van der Waals surface area contributed by atoms with Crippen molar-refractivity contribution in [2.45, 2.75) is 32.8 Å². The fourth-order valence-electron chi connectivity index (χ4n) is 3.54. The Morgan fingerprint density at radius 1 is 1.17 bits per heavy atom. The van der Waals surface area contributed by atoms with Crippen molar-refractivity contribution < 1.29 is 24.3 Å². The summed E-state index contributed by atoms with van der Waals surface area (Å²) >= 11 is 7.39. The van der Waals surface area contributed by atoms with E-state index in [0.29, 0.717) is 26.4 Å². The lowest BCUT2D eigenvalue weighted by atomic mass is 9.97. The monoisotopic (exact) mass is 515 g/mol. The van der Waals surface area contributed by atoms with Crippen molar-refractivity contribution in [1.82, 2.24) is 4.98 Å². The Labute approximate surface area is 210 Å². The van der Waals surface area contributed by atoms with Gasteiger partial charge in [-0.25, -0.2) is 14.2 Å². The van der Waals surface area contributed by atoms with Crippen molar-refractivity contribution in [3.63, 3.8) is 0 Å². The van der Waals surface area contributed by atoms with Crippen LogP contribution in [-0.4, -0.2) is 27.1 Å². The highest BCUT2D eigenvalue weighted by Gasteiger charge is 2.22. The number of halogens is 2. The molecule has 0 unspecified atom stereocenters. The van der Waals surface area contributed by atoms with Crippen LogP contribution in [0.2, 0.25) is 5.02 Å². The highest BCUT2D eigenvalue weighted by Crippen LogP contribution is 2.39. The molecule has 0 aliphatic rings. The molecule has 0 saturated heterocycles. The second-order valence-corrected chi connectivity index (χ2v) is 10.3. The SMILES string of the molecule is CC(C)(C)OC(=O)Nc1nc2c(-c3cccc(Cl)c3)c(F)c(Cc3ccc(N(O)O)cc3)cc2s1. The first kappa shape index (κ1) is 24.9. The molecule has 4 rings (SSSR count). The number of thiazole rings is 1. The molecule has 4 aromatic rings. The van der Waals surface area contributed by atoms with Gasteiger partial charge in [-0.15, -0.1) is 5.23 Å². The molecule has 1 heterocycles. The summed E-state index contributed by atoms with van der Waals surface area (Å²) < 4.78 is 21.9. The molecule has 0 fully saturated rings. The van der Waals surface area contributed by atoms with Gasteiger partial charge in [0.15, 0.2) is 5.13 Å². The van der Waals surface area contributed by atoms with Gasteiger partial charge in [0.05, 0.1) is 15.9 Å². The van der Waals surface area contributed by atoms with Crippen molar-refractivity contribution in [2.75, 3.05) is 10.5 Å². The largest absolute Gasteiger partial charge is 0.444 e. The summed E-state index contributed by atoms with van der Waals surface area (Å²) in [7, 11) is 0. The Hall–Kier alpha value is -3.24. The van der Waals surface area contributed by atoms with Gasteiger partial charge < -0.3 is 4.74 Å². The number of rotatable bonds is 5. The highest BCUT2D eigenvalue weighted by molar-refractivity contribution is 7.22. The van der Waals surface area contributed by atoms with Gasteiger partial charge in [-0.3, -0.25) is 15.7 Å². The zero-order valence-electron chi connectivity index (χ0n) is 19.2. The van der Waals surface area contributed by atoms with Crippen LogP contribution in [0.25, 0.3) is 21.3 Å². The van der Waals surface area contributed by atoms with Crippen LogP contribution in [-0.2, 0) is 11.2 Å². The van der Waals surface area contributed by atoms with Crippen molar-refractivity contribution in [2.24, 2.45) is 0 Å². The highest BCUT2D eigenvalue weighted by atomic mass is 35.5. The third kappa shape index (κ3) is 5.88. The van der Waals surface area contributed by atoms with Gasteiger partial charge in [0.2, 0.25) is 0 Å². The van der Waals surface area contributed by atoms with Crippen LogP contribution in [0.1, 0.15) is 31.9 Å². The molecule has 3 N–H and O–H groups in total. The maximum Gasteiger partial charge on any atom is 0.413 e. The number of nitrogens with zero attached hydrogens (tertiary/aromatic N) is 2. The zero-order chi connectivity index (χ0) is 25.3. The molecule has 1 aromatic heterocycles.